The first-order chi connectivity index (χ1) is 18.6. The number of aromatic nitrogens is 5. The highest BCUT2D eigenvalue weighted by Crippen LogP contribution is 2.35. The van der Waals surface area contributed by atoms with Crippen LogP contribution in [0.1, 0.15) is 42.8 Å². The van der Waals surface area contributed by atoms with E-state index in [0.717, 1.165) is 88.1 Å². The zero-order valence-electron chi connectivity index (χ0n) is 21.7. The third kappa shape index (κ3) is 4.50. The minimum atomic E-state index is 0.377. The lowest BCUT2D eigenvalue weighted by Crippen LogP contribution is -2.33. The monoisotopic (exact) mass is 502 g/mol. The second kappa shape index (κ2) is 10.1. The molecule has 7 heteroatoms. The van der Waals surface area contributed by atoms with E-state index < -0.39 is 0 Å². The lowest BCUT2D eigenvalue weighted by atomic mass is 9.96. The van der Waals surface area contributed by atoms with Gasteiger partial charge in [-0.1, -0.05) is 30.2 Å². The molecule has 0 amide bonds. The number of ether oxygens (including phenoxy) is 1. The summed E-state index contributed by atoms with van der Waals surface area (Å²) in [5.41, 5.74) is 6.97. The van der Waals surface area contributed by atoms with Crippen molar-refractivity contribution >= 4 is 16.9 Å². The summed E-state index contributed by atoms with van der Waals surface area (Å²) < 4.78 is 5.69. The van der Waals surface area contributed by atoms with Crippen LogP contribution in [0, 0.1) is 19.3 Å². The maximum absolute atomic E-state index is 5.69. The van der Waals surface area contributed by atoms with Gasteiger partial charge < -0.3 is 19.6 Å². The number of aromatic amines is 2. The van der Waals surface area contributed by atoms with Gasteiger partial charge in [-0.3, -0.25) is 0 Å². The molecule has 0 unspecified atom stereocenters. The standard InChI is InChI=1S/C31H30N6O/c1-4-21-9-11-22(12-10-21)27-18-26-30(35-27)32-19-33-31(26)37-15-13-23(14-16-37)29-34-20(3)28(36-29)24-7-6-8-25(17-24)38-5-2/h1,6-12,17-19,23H,5,13-16H2,2-3H3,(H,34,36)(H,32,33,35). The number of nitrogens with one attached hydrogen (secondary N) is 2. The van der Waals surface area contributed by atoms with Gasteiger partial charge in [-0.2, -0.15) is 0 Å². The normalized spacial score (nSPS) is 14.1. The molecule has 1 saturated heterocycles. The summed E-state index contributed by atoms with van der Waals surface area (Å²) in [5, 5.41) is 1.03. The Morgan fingerprint density at radius 1 is 1.03 bits per heavy atom. The molecule has 1 aliphatic rings. The van der Waals surface area contributed by atoms with Crippen LogP contribution in [0.2, 0.25) is 0 Å². The van der Waals surface area contributed by atoms with Crippen LogP contribution < -0.4 is 9.64 Å². The van der Waals surface area contributed by atoms with Gasteiger partial charge >= 0.3 is 0 Å². The number of aryl methyl sites for hydroxylation is 1. The fourth-order valence-corrected chi connectivity index (χ4v) is 5.31. The van der Waals surface area contributed by atoms with Crippen LogP contribution in [0.3, 0.4) is 0 Å². The van der Waals surface area contributed by atoms with Crippen molar-refractivity contribution in [2.45, 2.75) is 32.6 Å². The number of H-pyrrole nitrogens is 2. The molecule has 7 nitrogen and oxygen atoms in total. The molecule has 2 aromatic carbocycles. The molecule has 6 rings (SSSR count). The zero-order chi connectivity index (χ0) is 26.1. The lowest BCUT2D eigenvalue weighted by molar-refractivity contribution is 0.340. The van der Waals surface area contributed by atoms with Crippen molar-refractivity contribution in [1.82, 2.24) is 24.9 Å². The minimum absolute atomic E-state index is 0.377. The van der Waals surface area contributed by atoms with Gasteiger partial charge in [-0.05, 0) is 62.6 Å². The predicted molar refractivity (Wildman–Crippen MR) is 151 cm³/mol. The summed E-state index contributed by atoms with van der Waals surface area (Å²) >= 11 is 0. The molecule has 0 aliphatic carbocycles. The first-order valence-electron chi connectivity index (χ1n) is 13.1. The molecule has 1 fully saturated rings. The van der Waals surface area contributed by atoms with Gasteiger partial charge in [0.2, 0.25) is 0 Å². The Morgan fingerprint density at radius 2 is 1.84 bits per heavy atom. The Kier molecular flexibility index (Phi) is 6.30. The van der Waals surface area contributed by atoms with Crippen molar-refractivity contribution in [3.8, 4) is 40.6 Å². The Morgan fingerprint density at radius 3 is 2.61 bits per heavy atom. The number of terminal acetylenes is 1. The first-order valence-corrected chi connectivity index (χ1v) is 13.1. The van der Waals surface area contributed by atoms with E-state index in [1.54, 1.807) is 6.33 Å². The molecule has 0 spiro atoms. The highest BCUT2D eigenvalue weighted by Gasteiger charge is 2.26. The maximum Gasteiger partial charge on any atom is 0.143 e. The molecule has 4 heterocycles. The van der Waals surface area contributed by atoms with E-state index in [1.165, 1.54) is 0 Å². The van der Waals surface area contributed by atoms with E-state index in [2.05, 4.69) is 55.9 Å². The molecule has 3 aromatic heterocycles. The second-order valence-electron chi connectivity index (χ2n) is 9.67. The fraction of sp³-hybridized carbons (Fsp3) is 0.258. The van der Waals surface area contributed by atoms with Gasteiger partial charge in [0, 0.05) is 35.8 Å². The smallest absolute Gasteiger partial charge is 0.143 e. The molecule has 0 atom stereocenters. The molecule has 0 bridgehead atoms. The number of piperidine rings is 1. The van der Waals surface area contributed by atoms with E-state index in [0.29, 0.717) is 12.5 Å². The summed E-state index contributed by atoms with van der Waals surface area (Å²) in [7, 11) is 0. The van der Waals surface area contributed by atoms with Crippen molar-refractivity contribution in [2.24, 2.45) is 0 Å². The molecule has 38 heavy (non-hydrogen) atoms. The quantitative estimate of drug-likeness (QED) is 0.275. The maximum atomic E-state index is 5.69. The largest absolute Gasteiger partial charge is 0.494 e. The molecule has 5 aromatic rings. The van der Waals surface area contributed by atoms with E-state index >= 15 is 0 Å². The van der Waals surface area contributed by atoms with Gasteiger partial charge in [0.1, 0.15) is 29.4 Å². The van der Waals surface area contributed by atoms with Crippen LogP contribution in [-0.4, -0.2) is 44.6 Å². The van der Waals surface area contributed by atoms with Crippen LogP contribution in [0.15, 0.2) is 60.9 Å². The van der Waals surface area contributed by atoms with Crippen molar-refractivity contribution in [2.75, 3.05) is 24.6 Å². The predicted octanol–water partition coefficient (Wildman–Crippen LogP) is 6.09. The van der Waals surface area contributed by atoms with Crippen molar-refractivity contribution < 1.29 is 4.74 Å². The van der Waals surface area contributed by atoms with Gasteiger partial charge in [-0.15, -0.1) is 6.42 Å². The molecule has 0 saturated carbocycles. The van der Waals surface area contributed by atoms with Crippen LogP contribution in [0.25, 0.3) is 33.5 Å². The Labute approximate surface area is 222 Å². The fourth-order valence-electron chi connectivity index (χ4n) is 5.31. The van der Waals surface area contributed by atoms with E-state index in [9.17, 15) is 0 Å². The third-order valence-electron chi connectivity index (χ3n) is 7.29. The molecule has 190 valence electrons. The zero-order valence-corrected chi connectivity index (χ0v) is 21.7. The van der Waals surface area contributed by atoms with Crippen LogP contribution in [0.5, 0.6) is 5.75 Å². The van der Waals surface area contributed by atoms with Crippen molar-refractivity contribution in [3.63, 3.8) is 0 Å². The number of hydrogen-bond donors (Lipinski definition) is 2. The van der Waals surface area contributed by atoms with Crippen molar-refractivity contribution in [1.29, 1.82) is 0 Å². The first kappa shape index (κ1) is 23.8. The average Bonchev–Trinajstić information content (AvgIpc) is 3.57. The molecule has 2 N–H and O–H groups in total. The minimum Gasteiger partial charge on any atom is -0.494 e. The molecule has 1 aliphatic heterocycles. The average molecular weight is 503 g/mol. The third-order valence-corrected chi connectivity index (χ3v) is 7.29. The number of rotatable bonds is 6. The number of imidazole rings is 1. The highest BCUT2D eigenvalue weighted by molar-refractivity contribution is 5.92. The number of hydrogen-bond acceptors (Lipinski definition) is 5. The van der Waals surface area contributed by atoms with Crippen LogP contribution >= 0.6 is 0 Å². The van der Waals surface area contributed by atoms with Crippen molar-refractivity contribution in [3.05, 3.63) is 78.0 Å². The summed E-state index contributed by atoms with van der Waals surface area (Å²) in [5.74, 6) is 5.96. The van der Waals surface area contributed by atoms with Crippen LogP contribution in [0.4, 0.5) is 5.82 Å². The van der Waals surface area contributed by atoms with E-state index in [1.807, 2.05) is 43.3 Å². The molecule has 0 radical (unpaired) electrons. The Balaban J connectivity index is 1.19. The summed E-state index contributed by atoms with van der Waals surface area (Å²) in [6.07, 6.45) is 9.15. The highest BCUT2D eigenvalue weighted by atomic mass is 16.5. The van der Waals surface area contributed by atoms with Gasteiger partial charge in [0.25, 0.3) is 0 Å². The molecular weight excluding hydrogens is 472 g/mol. The second-order valence-corrected chi connectivity index (χ2v) is 9.67. The molecular formula is C31H30N6O. The number of anilines is 1. The van der Waals surface area contributed by atoms with Gasteiger partial charge in [-0.25, -0.2) is 15.0 Å². The van der Waals surface area contributed by atoms with E-state index in [-0.39, 0.29) is 0 Å². The van der Waals surface area contributed by atoms with Gasteiger partial charge in [0.05, 0.1) is 23.4 Å². The Bertz CT molecular complexity index is 1620. The summed E-state index contributed by atoms with van der Waals surface area (Å²) in [6.45, 7) is 6.53. The van der Waals surface area contributed by atoms with E-state index in [4.69, 9.17) is 16.1 Å². The number of nitrogens with zero attached hydrogens (tertiary/aromatic N) is 4. The van der Waals surface area contributed by atoms with Crippen LogP contribution in [-0.2, 0) is 0 Å². The lowest BCUT2D eigenvalue weighted by Gasteiger charge is -2.32. The Hall–Kier alpha value is -4.57. The number of fused-ring (bicyclic) bond motifs is 1. The van der Waals surface area contributed by atoms with Gasteiger partial charge in [0.15, 0.2) is 0 Å². The SMILES string of the molecule is C#Cc1ccc(-c2cc3c(N4CCC(c5nc(C)c(-c6cccc(OCC)c6)[nH]5)CC4)ncnc3[nH]2)cc1. The summed E-state index contributed by atoms with van der Waals surface area (Å²) in [6, 6.07) is 18.3. The number of benzene rings is 2. The topological polar surface area (TPSA) is 82.7 Å². The summed E-state index contributed by atoms with van der Waals surface area (Å²) in [4.78, 5) is 23.5.